The van der Waals surface area contributed by atoms with Crippen molar-refractivity contribution in [2.45, 2.75) is 31.8 Å². The van der Waals surface area contributed by atoms with Crippen LogP contribution in [0.5, 0.6) is 0 Å². The van der Waals surface area contributed by atoms with Gasteiger partial charge in [-0.1, -0.05) is 0 Å². The second-order valence-electron chi connectivity index (χ2n) is 10.4. The van der Waals surface area contributed by atoms with Crippen molar-refractivity contribution in [2.24, 2.45) is 70.0 Å². The van der Waals surface area contributed by atoms with Crippen LogP contribution in [0.4, 0.5) is 0 Å². The van der Waals surface area contributed by atoms with Gasteiger partial charge in [-0.2, -0.15) is 0 Å². The third kappa shape index (κ3) is 0.848. The predicted molar refractivity (Wildman–Crippen MR) is 85.1 cm³/mol. The van der Waals surface area contributed by atoms with E-state index >= 15 is 0 Å². The van der Waals surface area contributed by atoms with Gasteiger partial charge in [0.1, 0.15) is 11.9 Å². The maximum atomic E-state index is 13.6. The van der Waals surface area contributed by atoms with Crippen LogP contribution in [-0.2, 0) is 23.9 Å². The summed E-state index contributed by atoms with van der Waals surface area (Å²) >= 11 is 0. The predicted octanol–water partition coefficient (Wildman–Crippen LogP) is 1.44. The molecule has 0 aromatic heterocycles. The molecule has 9 rings (SSSR count). The fraction of sp³-hybridized carbons (Fsp3) is 0.857. The molecule has 0 radical (unpaired) electrons. The van der Waals surface area contributed by atoms with E-state index < -0.39 is 10.8 Å². The second kappa shape index (κ2) is 3.51. The summed E-state index contributed by atoms with van der Waals surface area (Å²) in [6.07, 6.45) is 3.66. The van der Waals surface area contributed by atoms with Crippen molar-refractivity contribution in [3.05, 3.63) is 0 Å². The van der Waals surface area contributed by atoms with Crippen molar-refractivity contribution in [1.29, 1.82) is 0 Å². The summed E-state index contributed by atoms with van der Waals surface area (Å²) in [5.41, 5.74) is -1.40. The average Bonchev–Trinajstić information content (AvgIpc) is 3.41. The second-order valence-corrected chi connectivity index (χ2v) is 10.4. The highest BCUT2D eigenvalue weighted by molar-refractivity contribution is 5.98. The number of hydrogen-bond donors (Lipinski definition) is 0. The summed E-state index contributed by atoms with van der Waals surface area (Å²) in [6.45, 7) is 0. The third-order valence-corrected chi connectivity index (χ3v) is 11.0. The highest BCUT2D eigenvalue weighted by Gasteiger charge is 3.02. The summed E-state index contributed by atoms with van der Waals surface area (Å²) in [5, 5.41) is 0. The zero-order valence-corrected chi connectivity index (χ0v) is 14.7. The van der Waals surface area contributed by atoms with E-state index in [0.29, 0.717) is 47.7 Å². The van der Waals surface area contributed by atoms with E-state index in [1.807, 2.05) is 0 Å². The Morgan fingerprint density at radius 1 is 1.00 bits per heavy atom. The third-order valence-electron chi connectivity index (χ3n) is 11.0. The van der Waals surface area contributed by atoms with E-state index in [9.17, 15) is 14.4 Å². The van der Waals surface area contributed by atoms with E-state index in [0.717, 1.165) is 19.3 Å². The van der Waals surface area contributed by atoms with E-state index in [1.54, 1.807) is 0 Å². The molecule has 8 saturated carbocycles. The molecule has 0 aromatic rings. The Kier molecular flexibility index (Phi) is 1.86. The van der Waals surface area contributed by atoms with E-state index in [4.69, 9.17) is 9.47 Å². The lowest BCUT2D eigenvalue weighted by Crippen LogP contribution is -2.68. The first-order valence-corrected chi connectivity index (χ1v) is 10.4. The number of carbonyl (C=O) groups is 3. The van der Waals surface area contributed by atoms with Gasteiger partial charge in [-0.05, 0) is 66.6 Å². The molecular formula is C21H22O5. The van der Waals surface area contributed by atoms with Crippen molar-refractivity contribution < 1.29 is 23.9 Å². The number of ether oxygens (including phenoxy) is 2. The van der Waals surface area contributed by atoms with Gasteiger partial charge in [0.15, 0.2) is 0 Å². The van der Waals surface area contributed by atoms with Gasteiger partial charge < -0.3 is 9.47 Å². The van der Waals surface area contributed by atoms with Crippen LogP contribution in [0.25, 0.3) is 0 Å². The summed E-state index contributed by atoms with van der Waals surface area (Å²) in [4.78, 5) is 39.9. The zero-order chi connectivity index (χ0) is 17.3. The van der Waals surface area contributed by atoms with Crippen LogP contribution in [0.3, 0.4) is 0 Å². The summed E-state index contributed by atoms with van der Waals surface area (Å²) < 4.78 is 11.5. The molecule has 1 aliphatic heterocycles. The minimum absolute atomic E-state index is 0.00616. The fourth-order valence-electron chi connectivity index (χ4n) is 11.6. The summed E-state index contributed by atoms with van der Waals surface area (Å²) in [7, 11) is 1.47. The minimum atomic E-state index is -0.749. The molecule has 26 heavy (non-hydrogen) atoms. The number of esters is 2. The topological polar surface area (TPSA) is 69.7 Å². The molecule has 13 atom stereocenters. The number of ketones is 1. The average molecular weight is 354 g/mol. The molecule has 0 aromatic carbocycles. The molecule has 8 bridgehead atoms. The minimum Gasteiger partial charge on any atom is -0.469 e. The smallest absolute Gasteiger partial charge is 0.314 e. The Morgan fingerprint density at radius 3 is 2.62 bits per heavy atom. The van der Waals surface area contributed by atoms with Gasteiger partial charge >= 0.3 is 11.9 Å². The van der Waals surface area contributed by atoms with Crippen LogP contribution >= 0.6 is 0 Å². The van der Waals surface area contributed by atoms with Gasteiger partial charge in [-0.3, -0.25) is 14.4 Å². The normalized spacial score (nSPS) is 68.9. The Labute approximate surface area is 151 Å². The monoisotopic (exact) mass is 354 g/mol. The highest BCUT2D eigenvalue weighted by atomic mass is 16.6. The largest absolute Gasteiger partial charge is 0.469 e. The first-order valence-electron chi connectivity index (χ1n) is 10.4. The first kappa shape index (κ1) is 13.7. The molecule has 5 nitrogen and oxygen atoms in total. The molecule has 136 valence electrons. The molecular weight excluding hydrogens is 332 g/mol. The Hall–Kier alpha value is -1.39. The van der Waals surface area contributed by atoms with Crippen LogP contribution in [0, 0.1) is 70.0 Å². The Balaban J connectivity index is 1.48. The molecule has 1 spiro atoms. The van der Waals surface area contributed by atoms with Crippen molar-refractivity contribution in [3.8, 4) is 0 Å². The van der Waals surface area contributed by atoms with Gasteiger partial charge in [-0.25, -0.2) is 0 Å². The SMILES string of the molecule is COC(=O)C12C3C4CCC5OC(=O)C16C1C7CCC(=O)C7C2C1C3C6C54. The van der Waals surface area contributed by atoms with Crippen LogP contribution in [0.2, 0.25) is 0 Å². The number of carbonyl (C=O) groups excluding carboxylic acids is 3. The van der Waals surface area contributed by atoms with Crippen LogP contribution < -0.4 is 0 Å². The molecule has 8 aliphatic carbocycles. The molecule has 0 amide bonds. The molecule has 0 N–H and O–H groups in total. The van der Waals surface area contributed by atoms with Crippen LogP contribution in [0.15, 0.2) is 0 Å². The first-order chi connectivity index (χ1) is 12.6. The van der Waals surface area contributed by atoms with E-state index in [-0.39, 0.29) is 41.7 Å². The number of fused-ring (bicyclic) bond motifs is 1. The van der Waals surface area contributed by atoms with Crippen molar-refractivity contribution in [2.75, 3.05) is 7.11 Å². The molecule has 5 heteroatoms. The van der Waals surface area contributed by atoms with Gasteiger partial charge in [0.2, 0.25) is 0 Å². The van der Waals surface area contributed by atoms with E-state index in [1.165, 1.54) is 7.11 Å². The van der Waals surface area contributed by atoms with Crippen LogP contribution in [-0.4, -0.2) is 30.9 Å². The number of hydrogen-bond acceptors (Lipinski definition) is 5. The molecule has 9 aliphatic rings. The molecule has 13 unspecified atom stereocenters. The van der Waals surface area contributed by atoms with Crippen LogP contribution in [0.1, 0.15) is 25.7 Å². The van der Waals surface area contributed by atoms with Crippen molar-refractivity contribution >= 4 is 17.7 Å². The van der Waals surface area contributed by atoms with Crippen molar-refractivity contribution in [1.82, 2.24) is 0 Å². The van der Waals surface area contributed by atoms with Gasteiger partial charge in [0.25, 0.3) is 0 Å². The molecule has 1 heterocycles. The number of rotatable bonds is 1. The summed E-state index contributed by atoms with van der Waals surface area (Å²) in [6, 6.07) is 0. The molecule has 9 fully saturated rings. The lowest BCUT2D eigenvalue weighted by atomic mass is 9.43. The zero-order valence-electron chi connectivity index (χ0n) is 14.7. The maximum Gasteiger partial charge on any atom is 0.314 e. The highest BCUT2D eigenvalue weighted by Crippen LogP contribution is 2.98. The van der Waals surface area contributed by atoms with Gasteiger partial charge in [-0.15, -0.1) is 0 Å². The Morgan fingerprint density at radius 2 is 1.81 bits per heavy atom. The lowest BCUT2D eigenvalue weighted by molar-refractivity contribution is -0.232. The van der Waals surface area contributed by atoms with Gasteiger partial charge in [0, 0.05) is 18.3 Å². The van der Waals surface area contributed by atoms with Gasteiger partial charge in [0.05, 0.1) is 17.9 Å². The standard InChI is InChI=1S/C21H22O5/c1-25-18(23)20-15-7-3-5-9-11(7)17-13(15)12-14(21(17,20)19(24)26-9)6-2-4-8(22)10(6)16(12)20/h6-7,9-17H,2-5H2,1H3. The summed E-state index contributed by atoms with van der Waals surface area (Å²) in [5.74, 6) is 3.06. The maximum absolute atomic E-state index is 13.6. The lowest BCUT2D eigenvalue weighted by Gasteiger charge is -2.60. The number of Topliss-reactive ketones (excluding diaryl/α,β-unsaturated/α-hetero) is 1. The quantitative estimate of drug-likeness (QED) is 0.667. The molecule has 1 saturated heterocycles. The van der Waals surface area contributed by atoms with Crippen molar-refractivity contribution in [3.63, 3.8) is 0 Å². The fourth-order valence-corrected chi connectivity index (χ4v) is 11.6. The van der Waals surface area contributed by atoms with E-state index in [2.05, 4.69) is 0 Å². The Bertz CT molecular complexity index is 849. The number of methoxy groups -OCH3 is 1.